The molecule has 130 valence electrons. The van der Waals surface area contributed by atoms with E-state index in [1.165, 1.54) is 11.3 Å². The number of carbonyl (C=O) groups is 2. The Morgan fingerprint density at radius 3 is 2.92 bits per heavy atom. The highest BCUT2D eigenvalue weighted by Gasteiger charge is 2.56. The molecule has 2 aliphatic heterocycles. The molecule has 0 unspecified atom stereocenters. The number of pyridine rings is 1. The van der Waals surface area contributed by atoms with Gasteiger partial charge in [0, 0.05) is 25.8 Å². The van der Waals surface area contributed by atoms with E-state index < -0.39 is 5.41 Å². The molecule has 5 nitrogen and oxygen atoms in total. The third-order valence-corrected chi connectivity index (χ3v) is 6.67. The minimum absolute atomic E-state index is 0.0591. The highest BCUT2D eigenvalue weighted by atomic mass is 32.1. The van der Waals surface area contributed by atoms with Gasteiger partial charge in [0.2, 0.25) is 5.91 Å². The Morgan fingerprint density at radius 1 is 1.40 bits per heavy atom. The molecule has 6 heteroatoms. The van der Waals surface area contributed by atoms with Gasteiger partial charge in [0.05, 0.1) is 22.2 Å². The number of thiophene rings is 1. The Morgan fingerprint density at radius 2 is 2.24 bits per heavy atom. The van der Waals surface area contributed by atoms with Crippen molar-refractivity contribution in [2.45, 2.75) is 20.3 Å². The Labute approximate surface area is 151 Å². The van der Waals surface area contributed by atoms with Gasteiger partial charge < -0.3 is 9.80 Å². The molecule has 0 radical (unpaired) electrons. The van der Waals surface area contributed by atoms with Crippen LogP contribution in [0.3, 0.4) is 0 Å². The largest absolute Gasteiger partial charge is 0.337 e. The second kappa shape index (κ2) is 5.95. The summed E-state index contributed by atoms with van der Waals surface area (Å²) in [6, 6.07) is 5.74. The van der Waals surface area contributed by atoms with Gasteiger partial charge in [-0.2, -0.15) is 0 Å². The first-order valence-electron chi connectivity index (χ1n) is 8.58. The molecule has 25 heavy (non-hydrogen) atoms. The summed E-state index contributed by atoms with van der Waals surface area (Å²) in [4.78, 5) is 34.7. The molecule has 2 aliphatic rings. The van der Waals surface area contributed by atoms with Gasteiger partial charge in [-0.25, -0.2) is 0 Å². The van der Waals surface area contributed by atoms with E-state index >= 15 is 0 Å². The average Bonchev–Trinajstić information content (AvgIpc) is 3.28. The summed E-state index contributed by atoms with van der Waals surface area (Å²) in [5, 5.41) is 1.95. The van der Waals surface area contributed by atoms with E-state index in [4.69, 9.17) is 0 Å². The van der Waals surface area contributed by atoms with E-state index in [1.807, 2.05) is 40.3 Å². The first-order chi connectivity index (χ1) is 12.0. The van der Waals surface area contributed by atoms with Crippen LogP contribution < -0.4 is 4.90 Å². The molecule has 0 aromatic carbocycles. The fraction of sp³-hybridized carbons (Fsp3) is 0.421. The fourth-order valence-electron chi connectivity index (χ4n) is 4.11. The second-order valence-corrected chi connectivity index (χ2v) is 8.01. The van der Waals surface area contributed by atoms with E-state index in [9.17, 15) is 9.59 Å². The van der Waals surface area contributed by atoms with Gasteiger partial charge >= 0.3 is 0 Å². The van der Waals surface area contributed by atoms with E-state index in [-0.39, 0.29) is 17.7 Å². The summed E-state index contributed by atoms with van der Waals surface area (Å²) < 4.78 is 0. The third kappa shape index (κ3) is 2.47. The number of aromatic nitrogens is 1. The Bertz CT molecular complexity index is 819. The molecule has 0 bridgehead atoms. The van der Waals surface area contributed by atoms with Crippen molar-refractivity contribution in [3.8, 4) is 0 Å². The van der Waals surface area contributed by atoms with Crippen LogP contribution in [-0.4, -0.2) is 41.3 Å². The number of hydrogen-bond donors (Lipinski definition) is 0. The van der Waals surface area contributed by atoms with Crippen molar-refractivity contribution < 1.29 is 9.59 Å². The van der Waals surface area contributed by atoms with Gasteiger partial charge in [0.1, 0.15) is 0 Å². The van der Waals surface area contributed by atoms with Crippen molar-refractivity contribution in [3.63, 3.8) is 0 Å². The van der Waals surface area contributed by atoms with Gasteiger partial charge in [0.25, 0.3) is 5.91 Å². The molecule has 0 N–H and O–H groups in total. The SMILES string of the molecule is Cc1ccsc1C(=O)N1C[C@@H](C)[C@]2(CCN(c3cccnc3)C2=O)C1. The van der Waals surface area contributed by atoms with E-state index in [0.717, 1.165) is 22.5 Å². The molecule has 2 atom stereocenters. The van der Waals surface area contributed by atoms with Crippen LogP contribution in [0.1, 0.15) is 28.6 Å². The van der Waals surface area contributed by atoms with Crippen molar-refractivity contribution >= 4 is 28.8 Å². The van der Waals surface area contributed by atoms with Crippen LogP contribution in [0, 0.1) is 18.3 Å². The van der Waals surface area contributed by atoms with Crippen LogP contribution in [0.25, 0.3) is 0 Å². The number of amides is 2. The molecule has 4 heterocycles. The maximum atomic E-state index is 13.2. The Kier molecular flexibility index (Phi) is 3.87. The number of carbonyl (C=O) groups excluding carboxylic acids is 2. The summed E-state index contributed by atoms with van der Waals surface area (Å²) in [6.07, 6.45) is 4.23. The summed E-state index contributed by atoms with van der Waals surface area (Å²) >= 11 is 1.48. The summed E-state index contributed by atoms with van der Waals surface area (Å²) in [6.45, 7) is 5.90. The number of likely N-dealkylation sites (tertiary alicyclic amines) is 1. The lowest BCUT2D eigenvalue weighted by Gasteiger charge is -2.26. The minimum atomic E-state index is -0.462. The first kappa shape index (κ1) is 16.3. The molecule has 2 fully saturated rings. The van der Waals surface area contributed by atoms with Crippen LogP contribution in [0.5, 0.6) is 0 Å². The predicted octanol–water partition coefficient (Wildman–Crippen LogP) is 2.97. The van der Waals surface area contributed by atoms with Gasteiger partial charge in [-0.3, -0.25) is 14.6 Å². The van der Waals surface area contributed by atoms with Crippen LogP contribution in [0.15, 0.2) is 36.0 Å². The first-order valence-corrected chi connectivity index (χ1v) is 9.46. The van der Waals surface area contributed by atoms with Gasteiger partial charge in [-0.15, -0.1) is 11.3 Å². The summed E-state index contributed by atoms with van der Waals surface area (Å²) in [5.74, 6) is 0.348. The summed E-state index contributed by atoms with van der Waals surface area (Å²) in [7, 11) is 0. The van der Waals surface area contributed by atoms with E-state index in [0.29, 0.717) is 19.6 Å². The Balaban J connectivity index is 1.58. The fourth-order valence-corrected chi connectivity index (χ4v) is 5.00. The average molecular weight is 355 g/mol. The molecular weight excluding hydrogens is 334 g/mol. The third-order valence-electron chi connectivity index (χ3n) is 5.66. The topological polar surface area (TPSA) is 53.5 Å². The maximum absolute atomic E-state index is 13.2. The second-order valence-electron chi connectivity index (χ2n) is 7.09. The highest BCUT2D eigenvalue weighted by molar-refractivity contribution is 7.12. The predicted molar refractivity (Wildman–Crippen MR) is 97.8 cm³/mol. The lowest BCUT2D eigenvalue weighted by molar-refractivity contribution is -0.126. The molecule has 1 spiro atoms. The zero-order chi connectivity index (χ0) is 17.6. The molecule has 2 aromatic rings. The van der Waals surface area contributed by atoms with Crippen molar-refractivity contribution in [1.29, 1.82) is 0 Å². The van der Waals surface area contributed by atoms with Crippen LogP contribution in [0.2, 0.25) is 0 Å². The number of aryl methyl sites for hydroxylation is 1. The number of rotatable bonds is 2. The number of anilines is 1. The molecule has 0 saturated carbocycles. The highest BCUT2D eigenvalue weighted by Crippen LogP contribution is 2.46. The lowest BCUT2D eigenvalue weighted by Crippen LogP contribution is -2.40. The van der Waals surface area contributed by atoms with Crippen LogP contribution >= 0.6 is 11.3 Å². The standard InChI is InChI=1S/C19H21N3O2S/c1-13-5-9-25-16(13)17(23)21-11-14(2)19(12-21)6-8-22(18(19)24)15-4-3-7-20-10-15/h3-5,7,9-10,14H,6,8,11-12H2,1-2H3/t14-,19+/m1/s1. The molecule has 2 saturated heterocycles. The molecule has 2 aromatic heterocycles. The molecule has 0 aliphatic carbocycles. The van der Waals surface area contributed by atoms with Crippen molar-refractivity contribution in [3.05, 3.63) is 46.4 Å². The van der Waals surface area contributed by atoms with Crippen molar-refractivity contribution in [2.75, 3.05) is 24.5 Å². The Hall–Kier alpha value is -2.21. The van der Waals surface area contributed by atoms with Crippen molar-refractivity contribution in [2.24, 2.45) is 11.3 Å². The zero-order valence-electron chi connectivity index (χ0n) is 14.4. The molecular formula is C19H21N3O2S. The zero-order valence-corrected chi connectivity index (χ0v) is 15.3. The van der Waals surface area contributed by atoms with E-state index in [2.05, 4.69) is 11.9 Å². The molecule has 2 amide bonds. The van der Waals surface area contributed by atoms with E-state index in [1.54, 1.807) is 12.4 Å². The maximum Gasteiger partial charge on any atom is 0.264 e. The minimum Gasteiger partial charge on any atom is -0.337 e. The van der Waals surface area contributed by atoms with Gasteiger partial charge in [-0.1, -0.05) is 6.92 Å². The quantitative estimate of drug-likeness (QED) is 0.832. The van der Waals surface area contributed by atoms with Crippen molar-refractivity contribution in [1.82, 2.24) is 9.88 Å². The van der Waals surface area contributed by atoms with Crippen LogP contribution in [0.4, 0.5) is 5.69 Å². The number of hydrogen-bond acceptors (Lipinski definition) is 4. The lowest BCUT2D eigenvalue weighted by atomic mass is 9.78. The molecule has 4 rings (SSSR count). The number of nitrogens with zero attached hydrogens (tertiary/aromatic N) is 3. The summed E-state index contributed by atoms with van der Waals surface area (Å²) in [5.41, 5.74) is 1.39. The van der Waals surface area contributed by atoms with Gasteiger partial charge in [0.15, 0.2) is 0 Å². The smallest absolute Gasteiger partial charge is 0.264 e. The van der Waals surface area contributed by atoms with Crippen LogP contribution in [-0.2, 0) is 4.79 Å². The normalized spacial score (nSPS) is 26.0. The monoisotopic (exact) mass is 355 g/mol. The van der Waals surface area contributed by atoms with Gasteiger partial charge in [-0.05, 0) is 48.4 Å².